The van der Waals surface area contributed by atoms with E-state index in [2.05, 4.69) is 15.6 Å². The Bertz CT molecular complexity index is 866. The predicted molar refractivity (Wildman–Crippen MR) is 86.9 cm³/mol. The minimum atomic E-state index is -0.336. The number of aromatic nitrogens is 3. The van der Waals surface area contributed by atoms with Gasteiger partial charge in [-0.05, 0) is 48.0 Å². The lowest BCUT2D eigenvalue weighted by Gasteiger charge is -2.14. The van der Waals surface area contributed by atoms with Gasteiger partial charge in [-0.15, -0.1) is 5.10 Å². The smallest absolute Gasteiger partial charge is 0.261 e. The highest BCUT2D eigenvalue weighted by atomic mass is 35.5. The van der Waals surface area contributed by atoms with E-state index in [9.17, 15) is 9.18 Å². The minimum absolute atomic E-state index is 0.240. The molecule has 8 heteroatoms. The number of nitrogens with one attached hydrogen (secondary N) is 1. The third kappa shape index (κ3) is 3.62. The fourth-order valence-corrected chi connectivity index (χ4v) is 2.37. The van der Waals surface area contributed by atoms with Crippen LogP contribution in [0.4, 0.5) is 4.39 Å². The quantitative estimate of drug-likeness (QED) is 0.769. The summed E-state index contributed by atoms with van der Waals surface area (Å²) in [6, 6.07) is 10.7. The molecule has 1 heterocycles. The van der Waals surface area contributed by atoms with Gasteiger partial charge in [-0.1, -0.05) is 28.6 Å². The Kier molecular flexibility index (Phi) is 4.61. The first-order valence-electron chi connectivity index (χ1n) is 7.22. The van der Waals surface area contributed by atoms with Gasteiger partial charge in [0, 0.05) is 5.02 Å². The zero-order valence-electron chi connectivity index (χ0n) is 12.7. The SMILES string of the molecule is CC(NC(=O)COn1nnc2ccc(Cl)cc21)c1ccc(F)cc1. The van der Waals surface area contributed by atoms with E-state index < -0.39 is 0 Å². The van der Waals surface area contributed by atoms with Gasteiger partial charge < -0.3 is 10.2 Å². The molecule has 0 aliphatic rings. The molecule has 0 aliphatic carbocycles. The molecule has 0 bridgehead atoms. The molecule has 6 nitrogen and oxygen atoms in total. The lowest BCUT2D eigenvalue weighted by atomic mass is 10.1. The van der Waals surface area contributed by atoms with Crippen molar-refractivity contribution in [3.8, 4) is 0 Å². The maximum atomic E-state index is 12.9. The minimum Gasteiger partial charge on any atom is -0.385 e. The largest absolute Gasteiger partial charge is 0.385 e. The first-order valence-corrected chi connectivity index (χ1v) is 7.60. The van der Waals surface area contributed by atoms with Gasteiger partial charge in [0.1, 0.15) is 16.9 Å². The molecular formula is C16H14ClFN4O2. The van der Waals surface area contributed by atoms with Crippen LogP contribution in [-0.2, 0) is 4.79 Å². The number of nitrogens with zero attached hydrogens (tertiary/aromatic N) is 3. The summed E-state index contributed by atoms with van der Waals surface area (Å²) in [5.41, 5.74) is 1.98. The number of hydrogen-bond donors (Lipinski definition) is 1. The molecule has 1 aromatic heterocycles. The Morgan fingerprint density at radius 1 is 1.33 bits per heavy atom. The second-order valence-electron chi connectivity index (χ2n) is 5.21. The summed E-state index contributed by atoms with van der Waals surface area (Å²) in [5, 5.41) is 11.0. The maximum absolute atomic E-state index is 12.9. The second kappa shape index (κ2) is 6.84. The number of amides is 1. The summed E-state index contributed by atoms with van der Waals surface area (Å²) in [6.07, 6.45) is 0. The van der Waals surface area contributed by atoms with Crippen molar-refractivity contribution in [3.05, 3.63) is 58.9 Å². The molecule has 24 heavy (non-hydrogen) atoms. The first-order chi connectivity index (χ1) is 11.5. The molecule has 1 amide bonds. The molecule has 0 saturated carbocycles. The summed E-state index contributed by atoms with van der Waals surface area (Å²) < 4.78 is 12.9. The van der Waals surface area contributed by atoms with E-state index in [0.29, 0.717) is 16.1 Å². The third-order valence-electron chi connectivity index (χ3n) is 3.44. The number of benzene rings is 2. The lowest BCUT2D eigenvalue weighted by molar-refractivity contribution is -0.127. The fraction of sp³-hybridized carbons (Fsp3) is 0.188. The van der Waals surface area contributed by atoms with E-state index in [1.54, 1.807) is 37.3 Å². The normalized spacial score (nSPS) is 12.1. The van der Waals surface area contributed by atoms with Crippen LogP contribution < -0.4 is 10.2 Å². The van der Waals surface area contributed by atoms with Crippen LogP contribution in [0.15, 0.2) is 42.5 Å². The van der Waals surface area contributed by atoms with Crippen LogP contribution >= 0.6 is 11.6 Å². The summed E-state index contributed by atoms with van der Waals surface area (Å²) in [5.74, 6) is -0.658. The van der Waals surface area contributed by atoms with Crippen LogP contribution in [0, 0.1) is 5.82 Å². The number of carbonyl (C=O) groups excluding carboxylic acids is 1. The van der Waals surface area contributed by atoms with Gasteiger partial charge in [-0.25, -0.2) is 4.39 Å². The standard InChI is InChI=1S/C16H14ClFN4O2/c1-10(11-2-5-13(18)6-3-11)19-16(23)9-24-22-15-8-12(17)4-7-14(15)20-21-22/h2-8,10H,9H2,1H3,(H,19,23). The van der Waals surface area contributed by atoms with Gasteiger partial charge in [0.05, 0.1) is 6.04 Å². The summed E-state index contributed by atoms with van der Waals surface area (Å²) in [4.78, 5) is 18.5. The third-order valence-corrected chi connectivity index (χ3v) is 3.68. The number of carbonyl (C=O) groups is 1. The monoisotopic (exact) mass is 348 g/mol. The molecule has 0 radical (unpaired) electrons. The highest BCUT2D eigenvalue weighted by Crippen LogP contribution is 2.16. The molecule has 2 aromatic carbocycles. The van der Waals surface area contributed by atoms with Crippen molar-refractivity contribution < 1.29 is 14.0 Å². The molecule has 0 spiro atoms. The van der Waals surface area contributed by atoms with Crippen molar-refractivity contribution in [1.29, 1.82) is 0 Å². The molecule has 3 aromatic rings. The van der Waals surface area contributed by atoms with Crippen molar-refractivity contribution in [2.24, 2.45) is 0 Å². The van der Waals surface area contributed by atoms with Crippen molar-refractivity contribution in [3.63, 3.8) is 0 Å². The van der Waals surface area contributed by atoms with E-state index in [1.807, 2.05) is 0 Å². The van der Waals surface area contributed by atoms with Crippen LogP contribution in [0.1, 0.15) is 18.5 Å². The predicted octanol–water partition coefficient (Wildman–Crippen LogP) is 2.53. The highest BCUT2D eigenvalue weighted by Gasteiger charge is 2.12. The Morgan fingerprint density at radius 2 is 2.08 bits per heavy atom. The molecule has 0 aliphatic heterocycles. The Morgan fingerprint density at radius 3 is 2.83 bits per heavy atom. The van der Waals surface area contributed by atoms with E-state index in [0.717, 1.165) is 10.4 Å². The van der Waals surface area contributed by atoms with Gasteiger partial charge in [-0.2, -0.15) is 0 Å². The summed E-state index contributed by atoms with van der Waals surface area (Å²) >= 11 is 5.93. The average Bonchev–Trinajstić information content (AvgIpc) is 2.95. The van der Waals surface area contributed by atoms with Crippen LogP contribution in [0.25, 0.3) is 11.0 Å². The van der Waals surface area contributed by atoms with Crippen molar-refractivity contribution >= 4 is 28.5 Å². The molecule has 0 saturated heterocycles. The molecule has 1 unspecified atom stereocenters. The van der Waals surface area contributed by atoms with Gasteiger partial charge in [0.15, 0.2) is 6.61 Å². The molecule has 1 N–H and O–H groups in total. The maximum Gasteiger partial charge on any atom is 0.261 e. The Labute approximate surface area is 142 Å². The topological polar surface area (TPSA) is 69.0 Å². The second-order valence-corrected chi connectivity index (χ2v) is 5.65. The number of fused-ring (bicyclic) bond motifs is 1. The fourth-order valence-electron chi connectivity index (χ4n) is 2.20. The molecule has 124 valence electrons. The average molecular weight is 349 g/mol. The van der Waals surface area contributed by atoms with Gasteiger partial charge in [0.25, 0.3) is 5.91 Å². The van der Waals surface area contributed by atoms with Crippen LogP contribution in [0.2, 0.25) is 5.02 Å². The van der Waals surface area contributed by atoms with Gasteiger partial charge >= 0.3 is 0 Å². The molecule has 0 fully saturated rings. The number of hydrogen-bond acceptors (Lipinski definition) is 4. The highest BCUT2D eigenvalue weighted by molar-refractivity contribution is 6.31. The van der Waals surface area contributed by atoms with Crippen molar-refractivity contribution in [2.45, 2.75) is 13.0 Å². The summed E-state index contributed by atoms with van der Waals surface area (Å²) in [6.45, 7) is 1.56. The van der Waals surface area contributed by atoms with E-state index in [-0.39, 0.29) is 24.4 Å². The van der Waals surface area contributed by atoms with E-state index in [4.69, 9.17) is 16.4 Å². The lowest BCUT2D eigenvalue weighted by Crippen LogP contribution is -2.33. The van der Waals surface area contributed by atoms with Gasteiger partial charge in [-0.3, -0.25) is 4.79 Å². The van der Waals surface area contributed by atoms with E-state index in [1.165, 1.54) is 12.1 Å². The Balaban J connectivity index is 1.60. The van der Waals surface area contributed by atoms with Crippen molar-refractivity contribution in [2.75, 3.05) is 6.61 Å². The van der Waals surface area contributed by atoms with Crippen LogP contribution in [0.5, 0.6) is 0 Å². The van der Waals surface area contributed by atoms with Crippen molar-refractivity contribution in [1.82, 2.24) is 20.5 Å². The van der Waals surface area contributed by atoms with Crippen LogP contribution in [-0.4, -0.2) is 27.7 Å². The molecular weight excluding hydrogens is 335 g/mol. The van der Waals surface area contributed by atoms with Gasteiger partial charge in [0.2, 0.25) is 0 Å². The molecule has 3 rings (SSSR count). The zero-order valence-corrected chi connectivity index (χ0v) is 13.5. The number of halogens is 2. The Hall–Kier alpha value is -2.67. The first kappa shape index (κ1) is 16.2. The molecule has 1 atom stereocenters. The number of rotatable bonds is 5. The zero-order chi connectivity index (χ0) is 17.1. The van der Waals surface area contributed by atoms with E-state index >= 15 is 0 Å². The van der Waals surface area contributed by atoms with Crippen LogP contribution in [0.3, 0.4) is 0 Å². The summed E-state index contributed by atoms with van der Waals surface area (Å²) in [7, 11) is 0.